The maximum Gasteiger partial charge on any atom is 0.262 e. The molecule has 6 nitrogen and oxygen atoms in total. The maximum atomic E-state index is 13.4. The Morgan fingerprint density at radius 3 is 2.27 bits per heavy atom. The van der Waals surface area contributed by atoms with Gasteiger partial charge >= 0.3 is 0 Å². The van der Waals surface area contributed by atoms with Gasteiger partial charge in [-0.15, -0.1) is 0 Å². The molecular weight excluding hydrogens is 432 g/mol. The number of anilines is 1. The first kappa shape index (κ1) is 22.7. The third-order valence-corrected chi connectivity index (χ3v) is 6.80. The lowest BCUT2D eigenvalue weighted by molar-refractivity contribution is 0.601. The first-order chi connectivity index (χ1) is 15.8. The smallest absolute Gasteiger partial charge is 0.262 e. The lowest BCUT2D eigenvalue weighted by Gasteiger charge is -2.16. The molecule has 33 heavy (non-hydrogen) atoms. The van der Waals surface area contributed by atoms with Crippen molar-refractivity contribution in [3.63, 3.8) is 0 Å². The number of aromatic nitrogens is 3. The van der Waals surface area contributed by atoms with Gasteiger partial charge in [-0.3, -0.25) is 4.72 Å². The summed E-state index contributed by atoms with van der Waals surface area (Å²) in [5, 5.41) is 4.14. The molecule has 0 spiro atoms. The Balaban J connectivity index is 1.70. The molecule has 170 valence electrons. The average Bonchev–Trinajstić information content (AvgIpc) is 3.28. The van der Waals surface area contributed by atoms with Crippen LogP contribution in [0.15, 0.2) is 84.3 Å². The third-order valence-electron chi connectivity index (χ3n) is 5.36. The van der Waals surface area contributed by atoms with Crippen LogP contribution < -0.4 is 4.72 Å². The first-order valence-corrected chi connectivity index (χ1v) is 12.4. The predicted molar refractivity (Wildman–Crippen MR) is 132 cm³/mol. The highest BCUT2D eigenvalue weighted by atomic mass is 32.2. The number of aryl methyl sites for hydroxylation is 1. The van der Waals surface area contributed by atoms with Crippen LogP contribution in [0.25, 0.3) is 11.1 Å². The maximum absolute atomic E-state index is 13.4. The van der Waals surface area contributed by atoms with E-state index in [1.807, 2.05) is 55.5 Å². The van der Waals surface area contributed by atoms with Crippen LogP contribution in [0.2, 0.25) is 0 Å². The zero-order chi connectivity index (χ0) is 23.4. The molecule has 0 aliphatic carbocycles. The summed E-state index contributed by atoms with van der Waals surface area (Å²) in [4.78, 5) is 4.24. The molecule has 7 heteroatoms. The van der Waals surface area contributed by atoms with Crippen molar-refractivity contribution in [1.29, 1.82) is 0 Å². The van der Waals surface area contributed by atoms with Gasteiger partial charge in [0.15, 0.2) is 0 Å². The van der Waals surface area contributed by atoms with E-state index in [-0.39, 0.29) is 4.90 Å². The zero-order valence-electron chi connectivity index (χ0n) is 19.1. The summed E-state index contributed by atoms with van der Waals surface area (Å²) in [7, 11) is -3.77. The summed E-state index contributed by atoms with van der Waals surface area (Å²) in [6.07, 6.45) is 4.06. The zero-order valence-corrected chi connectivity index (χ0v) is 19.9. The average molecular weight is 461 g/mol. The van der Waals surface area contributed by atoms with Crippen molar-refractivity contribution in [2.24, 2.45) is 5.92 Å². The van der Waals surface area contributed by atoms with E-state index in [0.29, 0.717) is 23.7 Å². The monoisotopic (exact) mass is 460 g/mol. The van der Waals surface area contributed by atoms with Gasteiger partial charge in [0.1, 0.15) is 12.7 Å². The molecule has 0 radical (unpaired) electrons. The van der Waals surface area contributed by atoms with Gasteiger partial charge in [0.05, 0.1) is 11.4 Å². The molecular formula is C26H28N4O2S. The quantitative estimate of drug-likeness (QED) is 0.387. The van der Waals surface area contributed by atoms with E-state index in [4.69, 9.17) is 0 Å². The molecule has 0 bridgehead atoms. The highest BCUT2D eigenvalue weighted by Crippen LogP contribution is 2.31. The normalized spacial score (nSPS) is 11.6. The van der Waals surface area contributed by atoms with Gasteiger partial charge in [0, 0.05) is 11.3 Å². The van der Waals surface area contributed by atoms with Crippen LogP contribution in [0.3, 0.4) is 0 Å². The lowest BCUT2D eigenvalue weighted by atomic mass is 9.97. The standard InChI is InChI=1S/C26H28N4O2S/c1-19(2)14-22-8-13-26(33(31,32)29-24-11-4-20(3)5-12-24)25(15-22)23-9-6-21(7-10-23)16-30-18-27-17-28-30/h4-13,15,17-19,29H,14,16H2,1-3H3. The van der Waals surface area contributed by atoms with Crippen LogP contribution in [-0.4, -0.2) is 23.2 Å². The number of nitrogens with one attached hydrogen (secondary N) is 1. The van der Waals surface area contributed by atoms with E-state index in [1.54, 1.807) is 29.2 Å². The fraction of sp³-hybridized carbons (Fsp3) is 0.231. The fourth-order valence-corrected chi connectivity index (χ4v) is 5.03. The Morgan fingerprint density at radius 2 is 1.64 bits per heavy atom. The molecule has 1 N–H and O–H groups in total. The van der Waals surface area contributed by atoms with Crippen molar-refractivity contribution >= 4 is 15.7 Å². The Hall–Kier alpha value is -3.45. The van der Waals surface area contributed by atoms with E-state index in [0.717, 1.165) is 28.7 Å². The van der Waals surface area contributed by atoms with Crippen LogP contribution in [0.1, 0.15) is 30.5 Å². The molecule has 4 rings (SSSR count). The molecule has 4 aromatic rings. The van der Waals surface area contributed by atoms with Gasteiger partial charge in [0.25, 0.3) is 10.0 Å². The largest absolute Gasteiger partial charge is 0.280 e. The molecule has 0 atom stereocenters. The number of hydrogen-bond donors (Lipinski definition) is 1. The van der Waals surface area contributed by atoms with Crippen molar-refractivity contribution in [3.05, 3.63) is 96.1 Å². The Morgan fingerprint density at radius 1 is 0.939 bits per heavy atom. The van der Waals surface area contributed by atoms with Gasteiger partial charge in [-0.25, -0.2) is 18.1 Å². The summed E-state index contributed by atoms with van der Waals surface area (Å²) in [5.74, 6) is 0.469. The number of rotatable bonds is 8. The van der Waals surface area contributed by atoms with Crippen LogP contribution in [-0.2, 0) is 23.0 Å². The Kier molecular flexibility index (Phi) is 6.60. The first-order valence-electron chi connectivity index (χ1n) is 10.9. The van der Waals surface area contributed by atoms with E-state index < -0.39 is 10.0 Å². The SMILES string of the molecule is Cc1ccc(NS(=O)(=O)c2ccc(CC(C)C)cc2-c2ccc(Cn3cncn3)cc2)cc1. The van der Waals surface area contributed by atoms with Gasteiger partial charge < -0.3 is 0 Å². The number of benzene rings is 3. The minimum Gasteiger partial charge on any atom is -0.280 e. The van der Waals surface area contributed by atoms with Crippen molar-refractivity contribution < 1.29 is 8.42 Å². The highest BCUT2D eigenvalue weighted by Gasteiger charge is 2.20. The van der Waals surface area contributed by atoms with E-state index in [1.165, 1.54) is 6.33 Å². The summed E-state index contributed by atoms with van der Waals surface area (Å²) < 4.78 is 31.2. The molecule has 0 saturated heterocycles. The minimum absolute atomic E-state index is 0.264. The molecule has 0 unspecified atom stereocenters. The van der Waals surface area contributed by atoms with Crippen molar-refractivity contribution in [2.45, 2.75) is 38.6 Å². The summed E-state index contributed by atoms with van der Waals surface area (Å²) in [5.41, 5.74) is 5.33. The Labute approximate surface area is 195 Å². The molecule has 0 amide bonds. The molecule has 0 fully saturated rings. The summed E-state index contributed by atoms with van der Waals surface area (Å²) in [6.45, 7) is 6.88. The van der Waals surface area contributed by atoms with Crippen molar-refractivity contribution in [2.75, 3.05) is 4.72 Å². The fourth-order valence-electron chi connectivity index (χ4n) is 3.76. The van der Waals surface area contributed by atoms with E-state index >= 15 is 0 Å². The second-order valence-electron chi connectivity index (χ2n) is 8.69. The minimum atomic E-state index is -3.77. The van der Waals surface area contributed by atoms with Gasteiger partial charge in [-0.1, -0.05) is 61.9 Å². The highest BCUT2D eigenvalue weighted by molar-refractivity contribution is 7.92. The predicted octanol–water partition coefficient (Wildman–Crippen LogP) is 5.30. The van der Waals surface area contributed by atoms with Gasteiger partial charge in [0.2, 0.25) is 0 Å². The number of nitrogens with zero attached hydrogens (tertiary/aromatic N) is 3. The second-order valence-corrected chi connectivity index (χ2v) is 10.3. The number of hydrogen-bond acceptors (Lipinski definition) is 4. The van der Waals surface area contributed by atoms with Crippen LogP contribution in [0.5, 0.6) is 0 Å². The van der Waals surface area contributed by atoms with Gasteiger partial charge in [-0.05, 0) is 60.2 Å². The van der Waals surface area contributed by atoms with Crippen molar-refractivity contribution in [1.82, 2.24) is 14.8 Å². The molecule has 1 heterocycles. The molecule has 1 aromatic heterocycles. The molecule has 0 saturated carbocycles. The molecule has 3 aromatic carbocycles. The van der Waals surface area contributed by atoms with E-state index in [9.17, 15) is 8.42 Å². The molecule has 0 aliphatic rings. The van der Waals surface area contributed by atoms with Gasteiger partial charge in [-0.2, -0.15) is 5.10 Å². The molecule has 0 aliphatic heterocycles. The summed E-state index contributed by atoms with van der Waals surface area (Å²) in [6, 6.07) is 20.9. The second kappa shape index (κ2) is 9.58. The van der Waals surface area contributed by atoms with Crippen LogP contribution in [0.4, 0.5) is 5.69 Å². The number of sulfonamides is 1. The van der Waals surface area contributed by atoms with Crippen LogP contribution in [0, 0.1) is 12.8 Å². The Bertz CT molecular complexity index is 1310. The van der Waals surface area contributed by atoms with E-state index in [2.05, 4.69) is 28.7 Å². The van der Waals surface area contributed by atoms with Crippen LogP contribution >= 0.6 is 0 Å². The van der Waals surface area contributed by atoms with Crippen molar-refractivity contribution in [3.8, 4) is 11.1 Å². The summed E-state index contributed by atoms with van der Waals surface area (Å²) >= 11 is 0. The third kappa shape index (κ3) is 5.68. The lowest BCUT2D eigenvalue weighted by Crippen LogP contribution is -2.14. The topological polar surface area (TPSA) is 76.9 Å².